The second-order valence-corrected chi connectivity index (χ2v) is 5.92. The molecule has 2 nitrogen and oxygen atoms in total. The molecule has 0 aromatic heterocycles. The van der Waals surface area contributed by atoms with Crippen LogP contribution in [0, 0.1) is 0 Å². The second kappa shape index (κ2) is 6.77. The molecule has 0 amide bonds. The first kappa shape index (κ1) is 11.7. The Hall–Kier alpha value is 0.270. The SMILES string of the molecule is C1CCN(CCN[C@@H]2CCCSC2)CC1. The van der Waals surface area contributed by atoms with Gasteiger partial charge in [-0.25, -0.2) is 0 Å². The molecule has 3 heteroatoms. The molecule has 0 aliphatic carbocycles. The molecule has 2 fully saturated rings. The zero-order valence-electron chi connectivity index (χ0n) is 9.71. The lowest BCUT2D eigenvalue weighted by atomic mass is 10.1. The number of hydrogen-bond donors (Lipinski definition) is 1. The number of thioether (sulfide) groups is 1. The van der Waals surface area contributed by atoms with E-state index in [2.05, 4.69) is 22.0 Å². The van der Waals surface area contributed by atoms with Gasteiger partial charge in [-0.1, -0.05) is 6.42 Å². The van der Waals surface area contributed by atoms with E-state index in [1.165, 1.54) is 69.8 Å². The summed E-state index contributed by atoms with van der Waals surface area (Å²) < 4.78 is 0. The molecule has 88 valence electrons. The summed E-state index contributed by atoms with van der Waals surface area (Å²) in [5.41, 5.74) is 0. The van der Waals surface area contributed by atoms with Crippen molar-refractivity contribution in [2.75, 3.05) is 37.7 Å². The highest BCUT2D eigenvalue weighted by Gasteiger charge is 2.14. The van der Waals surface area contributed by atoms with Crippen molar-refractivity contribution in [3.8, 4) is 0 Å². The van der Waals surface area contributed by atoms with Crippen molar-refractivity contribution >= 4 is 11.8 Å². The summed E-state index contributed by atoms with van der Waals surface area (Å²) in [6.07, 6.45) is 7.08. The van der Waals surface area contributed by atoms with Gasteiger partial charge < -0.3 is 10.2 Å². The highest BCUT2D eigenvalue weighted by Crippen LogP contribution is 2.16. The van der Waals surface area contributed by atoms with Crippen LogP contribution in [0.4, 0.5) is 0 Å². The van der Waals surface area contributed by atoms with Crippen LogP contribution in [0.25, 0.3) is 0 Å². The lowest BCUT2D eigenvalue weighted by Crippen LogP contribution is -2.41. The molecule has 1 atom stereocenters. The van der Waals surface area contributed by atoms with Crippen LogP contribution in [0.15, 0.2) is 0 Å². The van der Waals surface area contributed by atoms with Gasteiger partial charge in [-0.05, 0) is 44.5 Å². The van der Waals surface area contributed by atoms with Crippen LogP contribution >= 0.6 is 11.8 Å². The standard InChI is InChI=1S/C12H24N2S/c1-2-7-14(8-3-1)9-6-13-12-5-4-10-15-11-12/h12-13H,1-11H2/t12-/m1/s1. The average molecular weight is 228 g/mol. The lowest BCUT2D eigenvalue weighted by Gasteiger charge is -2.28. The molecule has 2 rings (SSSR count). The molecule has 2 heterocycles. The normalized spacial score (nSPS) is 29.2. The fourth-order valence-corrected chi connectivity index (χ4v) is 3.62. The third-order valence-corrected chi connectivity index (χ3v) is 4.69. The van der Waals surface area contributed by atoms with Gasteiger partial charge in [0.1, 0.15) is 0 Å². The molecule has 0 unspecified atom stereocenters. The van der Waals surface area contributed by atoms with Crippen molar-refractivity contribution in [1.29, 1.82) is 0 Å². The molecule has 0 spiro atoms. The zero-order chi connectivity index (χ0) is 10.3. The topological polar surface area (TPSA) is 15.3 Å². The monoisotopic (exact) mass is 228 g/mol. The number of likely N-dealkylation sites (tertiary alicyclic amines) is 1. The van der Waals surface area contributed by atoms with Crippen LogP contribution in [0.5, 0.6) is 0 Å². The predicted octanol–water partition coefficient (Wildman–Crippen LogP) is 1.96. The first-order valence-electron chi connectivity index (χ1n) is 6.48. The second-order valence-electron chi connectivity index (χ2n) is 4.77. The number of rotatable bonds is 4. The number of hydrogen-bond acceptors (Lipinski definition) is 3. The van der Waals surface area contributed by atoms with Gasteiger partial charge in [0.15, 0.2) is 0 Å². The van der Waals surface area contributed by atoms with Crippen molar-refractivity contribution in [3.63, 3.8) is 0 Å². The quantitative estimate of drug-likeness (QED) is 0.792. The Labute approximate surface area is 98.2 Å². The fraction of sp³-hybridized carbons (Fsp3) is 1.00. The maximum absolute atomic E-state index is 3.71. The van der Waals surface area contributed by atoms with Gasteiger partial charge in [0.25, 0.3) is 0 Å². The molecule has 0 saturated carbocycles. The number of nitrogens with one attached hydrogen (secondary N) is 1. The van der Waals surface area contributed by atoms with Crippen LogP contribution in [0.1, 0.15) is 32.1 Å². The first-order valence-corrected chi connectivity index (χ1v) is 7.64. The predicted molar refractivity (Wildman–Crippen MR) is 68.6 cm³/mol. The smallest absolute Gasteiger partial charge is 0.0159 e. The minimum Gasteiger partial charge on any atom is -0.312 e. The minimum absolute atomic E-state index is 0.800. The van der Waals surface area contributed by atoms with E-state index >= 15 is 0 Å². The third kappa shape index (κ3) is 4.33. The van der Waals surface area contributed by atoms with E-state index in [0.717, 1.165) is 6.04 Å². The molecule has 0 radical (unpaired) electrons. The summed E-state index contributed by atoms with van der Waals surface area (Å²) in [6, 6.07) is 0.800. The van der Waals surface area contributed by atoms with E-state index in [9.17, 15) is 0 Å². The van der Waals surface area contributed by atoms with Crippen molar-refractivity contribution in [3.05, 3.63) is 0 Å². The van der Waals surface area contributed by atoms with Crippen LogP contribution in [-0.2, 0) is 0 Å². The van der Waals surface area contributed by atoms with E-state index in [1.807, 2.05) is 0 Å². The Morgan fingerprint density at radius 2 is 2.00 bits per heavy atom. The molecule has 2 aliphatic heterocycles. The molecule has 0 bridgehead atoms. The Morgan fingerprint density at radius 3 is 2.73 bits per heavy atom. The highest BCUT2D eigenvalue weighted by molar-refractivity contribution is 7.99. The summed E-state index contributed by atoms with van der Waals surface area (Å²) in [5, 5.41) is 3.71. The Morgan fingerprint density at radius 1 is 1.13 bits per heavy atom. The molecule has 0 aromatic carbocycles. The maximum Gasteiger partial charge on any atom is 0.0159 e. The molecule has 15 heavy (non-hydrogen) atoms. The molecular formula is C12H24N2S. The van der Waals surface area contributed by atoms with Crippen LogP contribution in [-0.4, -0.2) is 48.6 Å². The first-order chi connectivity index (χ1) is 7.45. The van der Waals surface area contributed by atoms with E-state index < -0.39 is 0 Å². The van der Waals surface area contributed by atoms with Crippen LogP contribution < -0.4 is 5.32 Å². The summed E-state index contributed by atoms with van der Waals surface area (Å²) in [6.45, 7) is 5.13. The molecular weight excluding hydrogens is 204 g/mol. The van der Waals surface area contributed by atoms with E-state index in [0.29, 0.717) is 0 Å². The van der Waals surface area contributed by atoms with Gasteiger partial charge in [-0.2, -0.15) is 11.8 Å². The third-order valence-electron chi connectivity index (χ3n) is 3.47. The Bertz CT molecular complexity index is 145. The minimum atomic E-state index is 0.800. The molecule has 0 aromatic rings. The van der Waals surface area contributed by atoms with Gasteiger partial charge in [-0.3, -0.25) is 0 Å². The van der Waals surface area contributed by atoms with E-state index in [4.69, 9.17) is 0 Å². The highest BCUT2D eigenvalue weighted by atomic mass is 32.2. The van der Waals surface area contributed by atoms with Crippen molar-refractivity contribution < 1.29 is 0 Å². The van der Waals surface area contributed by atoms with Gasteiger partial charge >= 0.3 is 0 Å². The van der Waals surface area contributed by atoms with E-state index in [-0.39, 0.29) is 0 Å². The van der Waals surface area contributed by atoms with Crippen molar-refractivity contribution in [2.45, 2.75) is 38.1 Å². The van der Waals surface area contributed by atoms with Gasteiger partial charge in [0.2, 0.25) is 0 Å². The van der Waals surface area contributed by atoms with Gasteiger partial charge in [0.05, 0.1) is 0 Å². The zero-order valence-corrected chi connectivity index (χ0v) is 10.5. The summed E-state index contributed by atoms with van der Waals surface area (Å²) >= 11 is 2.11. The Balaban J connectivity index is 1.53. The molecule has 2 saturated heterocycles. The van der Waals surface area contributed by atoms with E-state index in [1.54, 1.807) is 0 Å². The maximum atomic E-state index is 3.71. The summed E-state index contributed by atoms with van der Waals surface area (Å²) in [4.78, 5) is 2.62. The lowest BCUT2D eigenvalue weighted by molar-refractivity contribution is 0.226. The Kier molecular flexibility index (Phi) is 5.30. The molecule has 2 aliphatic rings. The number of piperidine rings is 1. The largest absolute Gasteiger partial charge is 0.312 e. The van der Waals surface area contributed by atoms with Crippen molar-refractivity contribution in [2.24, 2.45) is 0 Å². The molecule has 1 N–H and O–H groups in total. The average Bonchev–Trinajstić information content (AvgIpc) is 2.32. The van der Waals surface area contributed by atoms with Crippen LogP contribution in [0.3, 0.4) is 0 Å². The summed E-state index contributed by atoms with van der Waals surface area (Å²) in [5.74, 6) is 2.71. The summed E-state index contributed by atoms with van der Waals surface area (Å²) in [7, 11) is 0. The van der Waals surface area contributed by atoms with Crippen LogP contribution in [0.2, 0.25) is 0 Å². The van der Waals surface area contributed by atoms with Crippen molar-refractivity contribution in [1.82, 2.24) is 10.2 Å². The fourth-order valence-electron chi connectivity index (χ4n) is 2.51. The van der Waals surface area contributed by atoms with Gasteiger partial charge in [-0.15, -0.1) is 0 Å². The number of nitrogens with zero attached hydrogens (tertiary/aromatic N) is 1. The van der Waals surface area contributed by atoms with Gasteiger partial charge in [0, 0.05) is 24.9 Å².